The molecule has 0 amide bonds. The maximum Gasteiger partial charge on any atom is 0.259 e. The Hall–Kier alpha value is -2.54. The number of benzene rings is 1. The third-order valence-corrected chi connectivity index (χ3v) is 7.19. The van der Waals surface area contributed by atoms with Crippen LogP contribution in [0.15, 0.2) is 46.7 Å². The van der Waals surface area contributed by atoms with Crippen molar-refractivity contribution in [1.82, 2.24) is 28.5 Å². The van der Waals surface area contributed by atoms with E-state index in [4.69, 9.17) is 0 Å². The fraction of sp³-hybridized carbons (Fsp3) is 0.333. The fourth-order valence-electron chi connectivity index (χ4n) is 2.67. The zero-order valence-corrected chi connectivity index (χ0v) is 18.7. The largest absolute Gasteiger partial charge is 0.337 e. The average Bonchev–Trinajstić information content (AvgIpc) is 3.21. The highest BCUT2D eigenvalue weighted by molar-refractivity contribution is 7.89. The molecular weight excluding hydrogens is 428 g/mol. The molecule has 0 aliphatic heterocycles. The summed E-state index contributed by atoms with van der Waals surface area (Å²) >= 11 is 0. The molecule has 2 aromatic heterocycles. The molecule has 0 unspecified atom stereocenters. The molecule has 0 bridgehead atoms. The van der Waals surface area contributed by atoms with Crippen LogP contribution in [-0.4, -0.2) is 35.9 Å². The average molecular weight is 453 g/mol. The molecule has 0 atom stereocenters. The van der Waals surface area contributed by atoms with Gasteiger partial charge in [-0.2, -0.15) is 0 Å². The molecule has 0 saturated heterocycles. The highest BCUT2D eigenvalue weighted by atomic mass is 32.2. The number of imidazole rings is 2. The molecule has 0 aliphatic carbocycles. The Morgan fingerprint density at radius 3 is 1.53 bits per heavy atom. The summed E-state index contributed by atoms with van der Waals surface area (Å²) in [6.45, 7) is 3.54. The zero-order valence-electron chi connectivity index (χ0n) is 17.1. The summed E-state index contributed by atoms with van der Waals surface area (Å²) in [5.41, 5.74) is 1.38. The number of rotatable bonds is 8. The van der Waals surface area contributed by atoms with Gasteiger partial charge in [0.05, 0.1) is 0 Å². The van der Waals surface area contributed by atoms with E-state index < -0.39 is 20.0 Å². The maximum atomic E-state index is 12.4. The number of sulfonamides is 2. The number of hydrogen-bond acceptors (Lipinski definition) is 6. The van der Waals surface area contributed by atoms with Crippen molar-refractivity contribution in [2.75, 3.05) is 0 Å². The number of aromatic nitrogens is 4. The lowest BCUT2D eigenvalue weighted by Crippen LogP contribution is -2.25. The first-order chi connectivity index (χ1) is 14.0. The highest BCUT2D eigenvalue weighted by Gasteiger charge is 2.19. The summed E-state index contributed by atoms with van der Waals surface area (Å²) in [5, 5.41) is -0.0888. The van der Waals surface area contributed by atoms with Crippen molar-refractivity contribution < 1.29 is 16.8 Å². The van der Waals surface area contributed by atoms with Crippen molar-refractivity contribution in [1.29, 1.82) is 0 Å². The van der Waals surface area contributed by atoms with Gasteiger partial charge < -0.3 is 9.13 Å². The lowest BCUT2D eigenvalue weighted by molar-refractivity contribution is 0.577. The minimum Gasteiger partial charge on any atom is -0.337 e. The summed E-state index contributed by atoms with van der Waals surface area (Å²) in [4.78, 5) is 8.07. The Kier molecular flexibility index (Phi) is 6.13. The molecular formula is C18H24N6O4S2. The molecule has 2 heterocycles. The minimum atomic E-state index is -3.75. The van der Waals surface area contributed by atoms with E-state index in [0.29, 0.717) is 22.8 Å². The molecule has 0 fully saturated rings. The van der Waals surface area contributed by atoms with Crippen LogP contribution in [0.3, 0.4) is 0 Å². The number of aryl methyl sites for hydroxylation is 4. The van der Waals surface area contributed by atoms with Gasteiger partial charge in [-0.15, -0.1) is 0 Å². The van der Waals surface area contributed by atoms with Crippen molar-refractivity contribution >= 4 is 20.0 Å². The standard InChI is InChI=1S/C18H24N6O4S2/c1-13-21-17(11-23(13)3)29(25,26)19-9-15-6-5-7-16(8-15)10-20-30(27,28)18-12-24(4)14(2)22-18/h5-8,11-12,19-20H,9-10H2,1-4H3. The van der Waals surface area contributed by atoms with Crippen molar-refractivity contribution in [3.63, 3.8) is 0 Å². The van der Waals surface area contributed by atoms with E-state index in [1.54, 1.807) is 61.3 Å². The van der Waals surface area contributed by atoms with Crippen LogP contribution in [-0.2, 0) is 47.2 Å². The highest BCUT2D eigenvalue weighted by Crippen LogP contribution is 2.12. The summed E-state index contributed by atoms with van der Waals surface area (Å²) in [5.74, 6) is 1.18. The first kappa shape index (κ1) is 22.2. The van der Waals surface area contributed by atoms with Crippen LogP contribution in [0, 0.1) is 13.8 Å². The summed E-state index contributed by atoms with van der Waals surface area (Å²) in [7, 11) is -4.06. The van der Waals surface area contributed by atoms with Crippen molar-refractivity contribution in [3.8, 4) is 0 Å². The lowest BCUT2D eigenvalue weighted by atomic mass is 10.1. The van der Waals surface area contributed by atoms with Gasteiger partial charge in [0, 0.05) is 39.6 Å². The molecule has 0 saturated carbocycles. The van der Waals surface area contributed by atoms with E-state index >= 15 is 0 Å². The minimum absolute atomic E-state index is 0.0444. The molecule has 30 heavy (non-hydrogen) atoms. The molecule has 3 rings (SSSR count). The van der Waals surface area contributed by atoms with Crippen LogP contribution in [0.1, 0.15) is 22.8 Å². The van der Waals surface area contributed by atoms with Crippen LogP contribution >= 0.6 is 0 Å². The van der Waals surface area contributed by atoms with Gasteiger partial charge in [-0.1, -0.05) is 24.3 Å². The van der Waals surface area contributed by atoms with Gasteiger partial charge >= 0.3 is 0 Å². The van der Waals surface area contributed by atoms with E-state index in [1.165, 1.54) is 12.4 Å². The van der Waals surface area contributed by atoms with Gasteiger partial charge in [0.25, 0.3) is 20.0 Å². The van der Waals surface area contributed by atoms with Crippen LogP contribution in [0.4, 0.5) is 0 Å². The van der Waals surface area contributed by atoms with Crippen molar-refractivity contribution in [3.05, 3.63) is 59.4 Å². The van der Waals surface area contributed by atoms with Gasteiger partial charge in [0.2, 0.25) is 0 Å². The fourth-order valence-corrected chi connectivity index (χ4v) is 4.77. The lowest BCUT2D eigenvalue weighted by Gasteiger charge is -2.08. The van der Waals surface area contributed by atoms with Crippen LogP contribution in [0.5, 0.6) is 0 Å². The predicted molar refractivity (Wildman–Crippen MR) is 110 cm³/mol. The molecule has 3 aromatic rings. The smallest absolute Gasteiger partial charge is 0.259 e. The molecule has 1 aromatic carbocycles. The predicted octanol–water partition coefficient (Wildman–Crippen LogP) is 0.727. The SMILES string of the molecule is Cc1nc(S(=O)(=O)NCc2cccc(CNS(=O)(=O)c3cn(C)c(C)n3)c2)cn1C. The molecule has 10 nitrogen and oxygen atoms in total. The Bertz CT molecular complexity index is 1140. The van der Waals surface area contributed by atoms with E-state index in [9.17, 15) is 16.8 Å². The van der Waals surface area contributed by atoms with Crippen LogP contribution < -0.4 is 9.44 Å². The van der Waals surface area contributed by atoms with Gasteiger partial charge in [0.15, 0.2) is 10.1 Å². The molecule has 12 heteroatoms. The number of nitrogens with one attached hydrogen (secondary N) is 2. The summed E-state index contributed by atoms with van der Waals surface area (Å²) in [6, 6.07) is 6.99. The second-order valence-corrected chi connectivity index (χ2v) is 10.4. The maximum absolute atomic E-state index is 12.4. The zero-order chi connectivity index (χ0) is 22.1. The Morgan fingerprint density at radius 2 is 1.20 bits per heavy atom. The monoisotopic (exact) mass is 452 g/mol. The second-order valence-electron chi connectivity index (χ2n) is 6.94. The van der Waals surface area contributed by atoms with Crippen LogP contribution in [0.2, 0.25) is 0 Å². The van der Waals surface area contributed by atoms with Gasteiger partial charge in [-0.3, -0.25) is 0 Å². The molecule has 2 N–H and O–H groups in total. The topological polar surface area (TPSA) is 128 Å². The number of hydrogen-bond donors (Lipinski definition) is 2. The van der Waals surface area contributed by atoms with Crippen molar-refractivity contribution in [2.24, 2.45) is 14.1 Å². The Morgan fingerprint density at radius 1 is 0.800 bits per heavy atom. The Balaban J connectivity index is 1.66. The first-order valence-corrected chi connectivity index (χ1v) is 12.0. The van der Waals surface area contributed by atoms with E-state index in [2.05, 4.69) is 19.4 Å². The normalized spacial score (nSPS) is 12.4. The quantitative estimate of drug-likeness (QED) is 0.519. The van der Waals surface area contributed by atoms with Gasteiger partial charge in [-0.25, -0.2) is 36.2 Å². The summed E-state index contributed by atoms with van der Waals surface area (Å²) in [6.07, 6.45) is 2.89. The molecule has 0 radical (unpaired) electrons. The van der Waals surface area contributed by atoms with Crippen LogP contribution in [0.25, 0.3) is 0 Å². The second kappa shape index (κ2) is 8.30. The van der Waals surface area contributed by atoms with Gasteiger partial charge in [0.1, 0.15) is 11.6 Å². The van der Waals surface area contributed by atoms with E-state index in [0.717, 1.165) is 0 Å². The van der Waals surface area contributed by atoms with E-state index in [-0.39, 0.29) is 23.1 Å². The summed E-state index contributed by atoms with van der Waals surface area (Å²) < 4.78 is 57.9. The molecule has 0 aliphatic rings. The van der Waals surface area contributed by atoms with Gasteiger partial charge in [-0.05, 0) is 25.0 Å². The third-order valence-electron chi connectivity index (χ3n) is 4.65. The first-order valence-electron chi connectivity index (χ1n) is 9.05. The van der Waals surface area contributed by atoms with E-state index in [1.807, 2.05) is 0 Å². The van der Waals surface area contributed by atoms with Crippen molar-refractivity contribution in [2.45, 2.75) is 37.0 Å². The molecule has 0 spiro atoms. The number of nitrogens with zero attached hydrogens (tertiary/aromatic N) is 4. The third kappa shape index (κ3) is 4.95. The molecule has 162 valence electrons. The Labute approximate surface area is 176 Å².